The number of benzene rings is 2. The number of hydrogen-bond acceptors (Lipinski definition) is 2. The fourth-order valence-corrected chi connectivity index (χ4v) is 1.95. The van der Waals surface area contributed by atoms with Crippen molar-refractivity contribution in [1.29, 1.82) is 0 Å². The zero-order valence-corrected chi connectivity index (χ0v) is 12.1. The van der Waals surface area contributed by atoms with E-state index < -0.39 is 35.8 Å². The maximum atomic E-state index is 13.8. The number of amides is 2. The Bertz CT molecular complexity index is 750. The zero-order chi connectivity index (χ0) is 17.0. The fraction of sp³-hybridized carbons (Fsp3) is 0.125. The van der Waals surface area contributed by atoms with Gasteiger partial charge in [-0.1, -0.05) is 12.1 Å². The fourth-order valence-electron chi connectivity index (χ4n) is 1.95. The molecule has 2 rings (SSSR count). The highest BCUT2D eigenvalue weighted by Crippen LogP contribution is 2.19. The third-order valence-electron chi connectivity index (χ3n) is 3.03. The van der Waals surface area contributed by atoms with Crippen molar-refractivity contribution in [3.05, 3.63) is 59.9 Å². The van der Waals surface area contributed by atoms with E-state index in [0.717, 1.165) is 17.0 Å². The first-order chi connectivity index (χ1) is 10.9. The minimum Gasteiger partial charge on any atom is -0.324 e. The van der Waals surface area contributed by atoms with Crippen LogP contribution in [0, 0.1) is 17.5 Å². The van der Waals surface area contributed by atoms with Crippen molar-refractivity contribution in [2.24, 2.45) is 0 Å². The van der Waals surface area contributed by atoms with E-state index in [1.54, 1.807) is 0 Å². The first kappa shape index (κ1) is 16.5. The predicted molar refractivity (Wildman–Crippen MR) is 79.4 cm³/mol. The topological polar surface area (TPSA) is 49.4 Å². The van der Waals surface area contributed by atoms with Gasteiger partial charge < -0.3 is 10.2 Å². The molecule has 2 aromatic carbocycles. The van der Waals surface area contributed by atoms with Crippen molar-refractivity contribution in [2.45, 2.75) is 6.92 Å². The summed E-state index contributed by atoms with van der Waals surface area (Å²) in [6, 6.07) is 8.37. The Morgan fingerprint density at radius 3 is 2.30 bits per heavy atom. The molecule has 7 heteroatoms. The summed E-state index contributed by atoms with van der Waals surface area (Å²) in [6.07, 6.45) is 0. The molecule has 23 heavy (non-hydrogen) atoms. The van der Waals surface area contributed by atoms with Crippen LogP contribution in [0.3, 0.4) is 0 Å². The van der Waals surface area contributed by atoms with E-state index in [1.807, 2.05) is 0 Å². The molecule has 0 aromatic heterocycles. The summed E-state index contributed by atoms with van der Waals surface area (Å²) in [5.74, 6) is -4.01. The van der Waals surface area contributed by atoms with Gasteiger partial charge in [0.25, 0.3) is 0 Å². The van der Waals surface area contributed by atoms with E-state index in [0.29, 0.717) is 0 Å². The summed E-state index contributed by atoms with van der Waals surface area (Å²) < 4.78 is 39.7. The van der Waals surface area contributed by atoms with Gasteiger partial charge in [-0.25, -0.2) is 13.2 Å². The highest BCUT2D eigenvalue weighted by molar-refractivity contribution is 6.01. The molecule has 0 atom stereocenters. The second kappa shape index (κ2) is 6.95. The molecule has 0 heterocycles. The van der Waals surface area contributed by atoms with Crippen molar-refractivity contribution in [2.75, 3.05) is 16.8 Å². The average Bonchev–Trinajstić information content (AvgIpc) is 2.49. The second-order valence-electron chi connectivity index (χ2n) is 4.73. The summed E-state index contributed by atoms with van der Waals surface area (Å²) in [5.41, 5.74) is -0.00799. The van der Waals surface area contributed by atoms with Gasteiger partial charge in [0.05, 0.1) is 5.69 Å². The Balaban J connectivity index is 2.14. The van der Waals surface area contributed by atoms with Gasteiger partial charge in [0.2, 0.25) is 11.8 Å². The summed E-state index contributed by atoms with van der Waals surface area (Å²) in [7, 11) is 0. The number of rotatable bonds is 4. The number of nitrogens with one attached hydrogen (secondary N) is 1. The Morgan fingerprint density at radius 1 is 1.00 bits per heavy atom. The Labute approximate surface area is 130 Å². The number of nitrogens with zero attached hydrogens (tertiary/aromatic N) is 1. The number of carbonyl (C=O) groups excluding carboxylic acids is 2. The van der Waals surface area contributed by atoms with Gasteiger partial charge in [-0.2, -0.15) is 0 Å². The van der Waals surface area contributed by atoms with E-state index >= 15 is 0 Å². The van der Waals surface area contributed by atoms with Crippen LogP contribution < -0.4 is 10.2 Å². The molecule has 0 aliphatic rings. The smallest absolute Gasteiger partial charge is 0.244 e. The molecule has 1 N–H and O–H groups in total. The van der Waals surface area contributed by atoms with Crippen molar-refractivity contribution >= 4 is 23.2 Å². The van der Waals surface area contributed by atoms with E-state index in [-0.39, 0.29) is 11.4 Å². The lowest BCUT2D eigenvalue weighted by Gasteiger charge is -2.21. The van der Waals surface area contributed by atoms with Gasteiger partial charge in [0.1, 0.15) is 12.4 Å². The quantitative estimate of drug-likeness (QED) is 0.940. The highest BCUT2D eigenvalue weighted by atomic mass is 19.2. The van der Waals surface area contributed by atoms with Crippen LogP contribution in [0.25, 0.3) is 0 Å². The van der Waals surface area contributed by atoms with Gasteiger partial charge in [0.15, 0.2) is 11.6 Å². The molecule has 0 aliphatic heterocycles. The summed E-state index contributed by atoms with van der Waals surface area (Å²) >= 11 is 0. The number of para-hydroxylation sites is 1. The molecule has 0 unspecified atom stereocenters. The maximum absolute atomic E-state index is 13.8. The van der Waals surface area contributed by atoms with Gasteiger partial charge >= 0.3 is 0 Å². The monoisotopic (exact) mass is 322 g/mol. The molecular formula is C16H13F3N2O2. The molecule has 2 amide bonds. The molecule has 0 bridgehead atoms. The summed E-state index contributed by atoms with van der Waals surface area (Å²) in [4.78, 5) is 24.6. The first-order valence-electron chi connectivity index (χ1n) is 6.66. The molecule has 0 aliphatic carbocycles. The largest absolute Gasteiger partial charge is 0.324 e. The number of halogens is 3. The SMILES string of the molecule is CC(=O)N(CC(=O)Nc1ccc(F)c(F)c1)c1ccccc1F. The molecule has 0 saturated carbocycles. The van der Waals surface area contributed by atoms with Crippen molar-refractivity contribution in [3.63, 3.8) is 0 Å². The van der Waals surface area contributed by atoms with Crippen LogP contribution in [-0.2, 0) is 9.59 Å². The third kappa shape index (κ3) is 4.09. The second-order valence-corrected chi connectivity index (χ2v) is 4.73. The lowest BCUT2D eigenvalue weighted by Crippen LogP contribution is -2.37. The van der Waals surface area contributed by atoms with Crippen LogP contribution in [0.4, 0.5) is 24.5 Å². The predicted octanol–water partition coefficient (Wildman–Crippen LogP) is 3.10. The van der Waals surface area contributed by atoms with Gasteiger partial charge in [-0.15, -0.1) is 0 Å². The van der Waals surface area contributed by atoms with Crippen LogP contribution in [0.1, 0.15) is 6.92 Å². The molecular weight excluding hydrogens is 309 g/mol. The summed E-state index contributed by atoms with van der Waals surface area (Å²) in [5, 5.41) is 2.32. The number of hydrogen-bond donors (Lipinski definition) is 1. The van der Waals surface area contributed by atoms with E-state index in [1.165, 1.54) is 37.3 Å². The van der Waals surface area contributed by atoms with Crippen LogP contribution in [0.2, 0.25) is 0 Å². The minimum atomic E-state index is -1.11. The maximum Gasteiger partial charge on any atom is 0.244 e. The van der Waals surface area contributed by atoms with Crippen LogP contribution in [-0.4, -0.2) is 18.4 Å². The minimum absolute atomic E-state index is 0.0333. The van der Waals surface area contributed by atoms with Crippen molar-refractivity contribution < 1.29 is 22.8 Å². The van der Waals surface area contributed by atoms with Gasteiger partial charge in [-0.3, -0.25) is 9.59 Å². The lowest BCUT2D eigenvalue weighted by atomic mass is 10.2. The highest BCUT2D eigenvalue weighted by Gasteiger charge is 2.19. The molecule has 0 fully saturated rings. The van der Waals surface area contributed by atoms with Gasteiger partial charge in [0, 0.05) is 18.7 Å². The Morgan fingerprint density at radius 2 is 1.70 bits per heavy atom. The van der Waals surface area contributed by atoms with E-state index in [2.05, 4.69) is 5.32 Å². The normalized spacial score (nSPS) is 10.3. The van der Waals surface area contributed by atoms with E-state index in [4.69, 9.17) is 0 Å². The molecule has 0 spiro atoms. The average molecular weight is 322 g/mol. The molecule has 0 saturated heterocycles. The Kier molecular flexibility index (Phi) is 5.00. The van der Waals surface area contributed by atoms with Crippen LogP contribution in [0.15, 0.2) is 42.5 Å². The van der Waals surface area contributed by atoms with Gasteiger partial charge in [-0.05, 0) is 24.3 Å². The first-order valence-corrected chi connectivity index (χ1v) is 6.66. The van der Waals surface area contributed by atoms with Crippen molar-refractivity contribution in [3.8, 4) is 0 Å². The lowest BCUT2D eigenvalue weighted by molar-refractivity contribution is -0.120. The van der Waals surface area contributed by atoms with Crippen LogP contribution in [0.5, 0.6) is 0 Å². The summed E-state index contributed by atoms with van der Waals surface area (Å²) in [6.45, 7) is 0.729. The van der Waals surface area contributed by atoms with Crippen LogP contribution >= 0.6 is 0 Å². The zero-order valence-electron chi connectivity index (χ0n) is 12.1. The standard InChI is InChI=1S/C16H13F3N2O2/c1-10(22)21(15-5-3-2-4-13(15)18)9-16(23)20-11-6-7-12(17)14(19)8-11/h2-8H,9H2,1H3,(H,20,23). The molecule has 120 valence electrons. The molecule has 0 radical (unpaired) electrons. The van der Waals surface area contributed by atoms with E-state index in [9.17, 15) is 22.8 Å². The number of carbonyl (C=O) groups is 2. The van der Waals surface area contributed by atoms with Crippen molar-refractivity contribution in [1.82, 2.24) is 0 Å². The number of anilines is 2. The molecule has 4 nitrogen and oxygen atoms in total. The Hall–Kier alpha value is -2.83. The molecule has 2 aromatic rings. The third-order valence-corrected chi connectivity index (χ3v) is 3.03.